The van der Waals surface area contributed by atoms with Gasteiger partial charge in [-0.1, -0.05) is 17.7 Å². The fourth-order valence-corrected chi connectivity index (χ4v) is 4.31. The molecule has 26 heavy (non-hydrogen) atoms. The van der Waals surface area contributed by atoms with E-state index in [0.29, 0.717) is 17.3 Å². The standard InChI is InChI=1S/C19H22ClNO4S/c20-15-3-4-16(25-12-18(22)23)14(10-15)11-21-7-5-13(6-8-21)19(24)17-2-1-9-26-17/h1-4,9-10,13,19,24H,5-8,11-12H2,(H,22,23). The molecule has 0 amide bonds. The summed E-state index contributed by atoms with van der Waals surface area (Å²) in [6, 6.07) is 9.20. The summed E-state index contributed by atoms with van der Waals surface area (Å²) in [7, 11) is 0. The van der Waals surface area contributed by atoms with E-state index >= 15 is 0 Å². The van der Waals surface area contributed by atoms with E-state index in [-0.39, 0.29) is 12.5 Å². The molecule has 3 rings (SSSR count). The Labute approximate surface area is 161 Å². The number of carboxylic acid groups (broad SMARTS) is 1. The number of halogens is 1. The summed E-state index contributed by atoms with van der Waals surface area (Å²) >= 11 is 7.69. The number of rotatable bonds is 7. The fraction of sp³-hybridized carbons (Fsp3) is 0.421. The van der Waals surface area contributed by atoms with Crippen LogP contribution in [0, 0.1) is 5.92 Å². The number of likely N-dealkylation sites (tertiary alicyclic amines) is 1. The molecule has 0 radical (unpaired) electrons. The first-order valence-corrected chi connectivity index (χ1v) is 9.85. The Morgan fingerprint density at radius 1 is 1.35 bits per heavy atom. The zero-order chi connectivity index (χ0) is 18.5. The first-order valence-electron chi connectivity index (χ1n) is 8.60. The van der Waals surface area contributed by atoms with E-state index in [1.165, 1.54) is 0 Å². The van der Waals surface area contributed by atoms with Gasteiger partial charge in [0.1, 0.15) is 5.75 Å². The van der Waals surface area contributed by atoms with Crippen molar-refractivity contribution in [2.24, 2.45) is 5.92 Å². The summed E-state index contributed by atoms with van der Waals surface area (Å²) in [5.41, 5.74) is 0.885. The van der Waals surface area contributed by atoms with Crippen molar-refractivity contribution in [3.05, 3.63) is 51.2 Å². The van der Waals surface area contributed by atoms with E-state index in [9.17, 15) is 9.90 Å². The molecule has 2 N–H and O–H groups in total. The zero-order valence-electron chi connectivity index (χ0n) is 14.3. The van der Waals surface area contributed by atoms with Crippen LogP contribution in [0.3, 0.4) is 0 Å². The molecule has 7 heteroatoms. The molecule has 2 aromatic rings. The average Bonchev–Trinajstić information content (AvgIpc) is 3.15. The van der Waals surface area contributed by atoms with Gasteiger partial charge in [0.05, 0.1) is 6.10 Å². The molecule has 5 nitrogen and oxygen atoms in total. The highest BCUT2D eigenvalue weighted by Crippen LogP contribution is 2.34. The second-order valence-corrected chi connectivity index (χ2v) is 7.92. The number of nitrogens with zero attached hydrogens (tertiary/aromatic N) is 1. The van der Waals surface area contributed by atoms with Crippen molar-refractivity contribution >= 4 is 28.9 Å². The van der Waals surface area contributed by atoms with Crippen LogP contribution in [0.5, 0.6) is 5.75 Å². The van der Waals surface area contributed by atoms with Crippen LogP contribution in [0.1, 0.15) is 29.4 Å². The van der Waals surface area contributed by atoms with Gasteiger partial charge >= 0.3 is 5.97 Å². The lowest BCUT2D eigenvalue weighted by atomic mass is 9.90. The molecule has 0 aliphatic carbocycles. The van der Waals surface area contributed by atoms with Crippen molar-refractivity contribution in [1.29, 1.82) is 0 Å². The van der Waals surface area contributed by atoms with Crippen LogP contribution in [-0.4, -0.2) is 40.8 Å². The Hall–Kier alpha value is -1.60. The molecule has 1 aromatic carbocycles. The van der Waals surface area contributed by atoms with E-state index in [4.69, 9.17) is 21.4 Å². The number of thiophene rings is 1. The minimum atomic E-state index is -1.01. The predicted octanol–water partition coefficient (Wildman–Crippen LogP) is 3.81. The first-order chi connectivity index (χ1) is 12.5. The van der Waals surface area contributed by atoms with Gasteiger partial charge in [0.25, 0.3) is 0 Å². The Kier molecular flexibility index (Phi) is 6.53. The molecule has 1 aromatic heterocycles. The number of aliphatic hydroxyl groups is 1. The summed E-state index contributed by atoms with van der Waals surface area (Å²) in [4.78, 5) is 14.1. The number of carboxylic acids is 1. The number of aliphatic hydroxyl groups excluding tert-OH is 1. The fourth-order valence-electron chi connectivity index (χ4n) is 3.31. The van der Waals surface area contributed by atoms with Gasteiger partial charge in [-0.25, -0.2) is 4.79 Å². The minimum Gasteiger partial charge on any atom is -0.482 e. The van der Waals surface area contributed by atoms with E-state index < -0.39 is 12.1 Å². The van der Waals surface area contributed by atoms with Gasteiger partial charge in [-0.05, 0) is 61.5 Å². The maximum Gasteiger partial charge on any atom is 0.341 e. The molecular weight excluding hydrogens is 374 g/mol. The molecule has 1 unspecified atom stereocenters. The maximum atomic E-state index is 10.8. The summed E-state index contributed by atoms with van der Waals surface area (Å²) in [6.07, 6.45) is 1.45. The van der Waals surface area contributed by atoms with Gasteiger partial charge in [0.15, 0.2) is 6.61 Å². The van der Waals surface area contributed by atoms with E-state index in [1.54, 1.807) is 23.5 Å². The second-order valence-electron chi connectivity index (χ2n) is 6.51. The Morgan fingerprint density at radius 2 is 2.12 bits per heavy atom. The summed E-state index contributed by atoms with van der Waals surface area (Å²) in [6.45, 7) is 2.02. The third kappa shape index (κ3) is 4.98. The normalized spacial score (nSPS) is 17.2. The Balaban J connectivity index is 1.59. The largest absolute Gasteiger partial charge is 0.482 e. The van der Waals surface area contributed by atoms with Crippen molar-refractivity contribution in [2.75, 3.05) is 19.7 Å². The van der Waals surface area contributed by atoms with Crippen molar-refractivity contribution < 1.29 is 19.7 Å². The number of aliphatic carboxylic acids is 1. The van der Waals surface area contributed by atoms with Crippen LogP contribution in [-0.2, 0) is 11.3 Å². The lowest BCUT2D eigenvalue weighted by Crippen LogP contribution is -2.35. The smallest absolute Gasteiger partial charge is 0.341 e. The van der Waals surface area contributed by atoms with Crippen molar-refractivity contribution in [1.82, 2.24) is 4.90 Å². The van der Waals surface area contributed by atoms with Crippen LogP contribution in [0.15, 0.2) is 35.7 Å². The van der Waals surface area contributed by atoms with Crippen molar-refractivity contribution in [3.8, 4) is 5.75 Å². The van der Waals surface area contributed by atoms with Gasteiger partial charge in [0.2, 0.25) is 0 Å². The molecule has 1 atom stereocenters. The molecule has 1 aliphatic heterocycles. The van der Waals surface area contributed by atoms with Crippen LogP contribution in [0.4, 0.5) is 0 Å². The molecule has 140 valence electrons. The monoisotopic (exact) mass is 395 g/mol. The summed E-state index contributed by atoms with van der Waals surface area (Å²) in [5, 5.41) is 21.9. The Bertz CT molecular complexity index is 729. The number of benzene rings is 1. The molecule has 0 spiro atoms. The highest BCUT2D eigenvalue weighted by atomic mass is 35.5. The van der Waals surface area contributed by atoms with Gasteiger partial charge in [0, 0.05) is 22.0 Å². The quantitative estimate of drug-likeness (QED) is 0.746. The van der Waals surface area contributed by atoms with Gasteiger partial charge < -0.3 is 14.9 Å². The lowest BCUT2D eigenvalue weighted by molar-refractivity contribution is -0.139. The van der Waals surface area contributed by atoms with Crippen molar-refractivity contribution in [2.45, 2.75) is 25.5 Å². The van der Waals surface area contributed by atoms with E-state index in [0.717, 1.165) is 36.4 Å². The number of hydrogen-bond donors (Lipinski definition) is 2. The lowest BCUT2D eigenvalue weighted by Gasteiger charge is -2.34. The SMILES string of the molecule is O=C(O)COc1ccc(Cl)cc1CN1CCC(C(O)c2cccs2)CC1. The molecule has 0 saturated carbocycles. The average molecular weight is 396 g/mol. The first kappa shape index (κ1) is 19.2. The van der Waals surface area contributed by atoms with Crippen LogP contribution in [0.25, 0.3) is 0 Å². The van der Waals surface area contributed by atoms with Gasteiger partial charge in [-0.2, -0.15) is 0 Å². The molecular formula is C19H22ClNO4S. The third-order valence-electron chi connectivity index (χ3n) is 4.68. The molecule has 1 aliphatic rings. The van der Waals surface area contributed by atoms with Crippen molar-refractivity contribution in [3.63, 3.8) is 0 Å². The molecule has 2 heterocycles. The molecule has 0 bridgehead atoms. The van der Waals surface area contributed by atoms with Gasteiger partial charge in [-0.15, -0.1) is 11.3 Å². The number of carbonyl (C=O) groups is 1. The summed E-state index contributed by atoms with van der Waals surface area (Å²) < 4.78 is 5.38. The summed E-state index contributed by atoms with van der Waals surface area (Å²) in [5.74, 6) is -0.182. The van der Waals surface area contributed by atoms with Crippen LogP contribution >= 0.6 is 22.9 Å². The van der Waals surface area contributed by atoms with Crippen LogP contribution < -0.4 is 4.74 Å². The number of hydrogen-bond acceptors (Lipinski definition) is 5. The van der Waals surface area contributed by atoms with Gasteiger partial charge in [-0.3, -0.25) is 4.90 Å². The number of ether oxygens (including phenoxy) is 1. The van der Waals surface area contributed by atoms with E-state index in [2.05, 4.69) is 4.90 Å². The topological polar surface area (TPSA) is 70.0 Å². The highest BCUT2D eigenvalue weighted by molar-refractivity contribution is 7.10. The van der Waals surface area contributed by atoms with Crippen LogP contribution in [0.2, 0.25) is 5.02 Å². The number of piperidine rings is 1. The predicted molar refractivity (Wildman–Crippen MR) is 102 cm³/mol. The zero-order valence-corrected chi connectivity index (χ0v) is 15.9. The maximum absolute atomic E-state index is 10.8. The third-order valence-corrected chi connectivity index (χ3v) is 5.86. The highest BCUT2D eigenvalue weighted by Gasteiger charge is 2.27. The second kappa shape index (κ2) is 8.86. The molecule has 1 fully saturated rings. The molecule has 1 saturated heterocycles. The minimum absolute atomic E-state index is 0.270. The Morgan fingerprint density at radius 3 is 2.77 bits per heavy atom. The van der Waals surface area contributed by atoms with E-state index in [1.807, 2.05) is 23.6 Å².